The van der Waals surface area contributed by atoms with Crippen molar-refractivity contribution in [2.45, 2.75) is 26.7 Å². The maximum Gasteiger partial charge on any atom is 0.254 e. The van der Waals surface area contributed by atoms with Gasteiger partial charge in [0.15, 0.2) is 11.6 Å². The molecular weight excluding hydrogens is 390 g/mol. The molecule has 31 heavy (non-hydrogen) atoms. The van der Waals surface area contributed by atoms with Gasteiger partial charge < -0.3 is 14.6 Å². The first-order valence-electron chi connectivity index (χ1n) is 10.4. The third kappa shape index (κ3) is 4.96. The Morgan fingerprint density at radius 3 is 2.42 bits per heavy atom. The summed E-state index contributed by atoms with van der Waals surface area (Å²) >= 11 is 0. The Kier molecular flexibility index (Phi) is 6.06. The molecule has 4 rings (SSSR count). The van der Waals surface area contributed by atoms with Gasteiger partial charge in [0.2, 0.25) is 0 Å². The van der Waals surface area contributed by atoms with Gasteiger partial charge in [-0.25, -0.2) is 15.0 Å². The summed E-state index contributed by atoms with van der Waals surface area (Å²) in [7, 11) is 3.95. The Morgan fingerprint density at radius 2 is 1.71 bits per heavy atom. The molecule has 0 unspecified atom stereocenters. The van der Waals surface area contributed by atoms with Gasteiger partial charge in [0.05, 0.1) is 11.2 Å². The van der Waals surface area contributed by atoms with E-state index in [0.717, 1.165) is 54.2 Å². The number of nitrogens with zero attached hydrogens (tertiary/aromatic N) is 7. The molecule has 0 amide bonds. The van der Waals surface area contributed by atoms with Crippen molar-refractivity contribution in [1.82, 2.24) is 19.9 Å². The first-order chi connectivity index (χ1) is 15.0. The number of hydrogen-bond donors (Lipinski definition) is 0. The Balaban J connectivity index is 1.70. The summed E-state index contributed by atoms with van der Waals surface area (Å²) in [5.74, 6) is 3.27. The summed E-state index contributed by atoms with van der Waals surface area (Å²) in [5, 5.41) is 5.05. The molecule has 3 aromatic rings. The molecule has 3 heterocycles. The minimum absolute atomic E-state index is 0.422. The Morgan fingerprint density at radius 1 is 1.00 bits per heavy atom. The van der Waals surface area contributed by atoms with E-state index >= 15 is 0 Å². The molecule has 1 aliphatic heterocycles. The van der Waals surface area contributed by atoms with E-state index in [2.05, 4.69) is 20.0 Å². The molecule has 1 aromatic carbocycles. The Labute approximate surface area is 182 Å². The molecule has 1 aliphatic rings. The van der Waals surface area contributed by atoms with Gasteiger partial charge in [0.1, 0.15) is 11.6 Å². The first-order valence-corrected chi connectivity index (χ1v) is 10.4. The monoisotopic (exact) mass is 417 g/mol. The fourth-order valence-electron chi connectivity index (χ4n) is 3.44. The molecule has 0 atom stereocenters. The molecule has 8 nitrogen and oxygen atoms in total. The number of oxime groups is 1. The van der Waals surface area contributed by atoms with E-state index in [1.165, 1.54) is 0 Å². The summed E-state index contributed by atoms with van der Waals surface area (Å²) in [6.07, 6.45) is 5.98. The Hall–Kier alpha value is -3.55. The van der Waals surface area contributed by atoms with Crippen molar-refractivity contribution in [1.29, 1.82) is 0 Å². The van der Waals surface area contributed by atoms with Crippen LogP contribution in [0.4, 0.5) is 11.6 Å². The zero-order chi connectivity index (χ0) is 21.8. The van der Waals surface area contributed by atoms with Crippen LogP contribution in [0.15, 0.2) is 35.5 Å². The highest BCUT2D eigenvalue weighted by Gasteiger charge is 2.16. The third-order valence-corrected chi connectivity index (χ3v) is 4.86. The van der Waals surface area contributed by atoms with Gasteiger partial charge in [-0.1, -0.05) is 17.3 Å². The van der Waals surface area contributed by atoms with Crippen molar-refractivity contribution in [2.24, 2.45) is 5.16 Å². The predicted molar refractivity (Wildman–Crippen MR) is 126 cm³/mol. The van der Waals surface area contributed by atoms with Crippen LogP contribution in [-0.4, -0.2) is 52.8 Å². The average Bonchev–Trinajstić information content (AvgIpc) is 3.30. The highest BCUT2D eigenvalue weighted by Crippen LogP contribution is 2.24. The van der Waals surface area contributed by atoms with Gasteiger partial charge >= 0.3 is 0 Å². The summed E-state index contributed by atoms with van der Waals surface area (Å²) in [4.78, 5) is 28.3. The fraction of sp³-hybridized carbons (Fsp3) is 0.348. The lowest BCUT2D eigenvalue weighted by atomic mass is 10.2. The molecule has 0 aliphatic carbocycles. The zero-order valence-electron chi connectivity index (χ0n) is 18.4. The fourth-order valence-corrected chi connectivity index (χ4v) is 3.44. The average molecular weight is 418 g/mol. The van der Waals surface area contributed by atoms with Gasteiger partial charge in [0.25, 0.3) is 5.88 Å². The van der Waals surface area contributed by atoms with E-state index < -0.39 is 0 Å². The molecule has 1 fully saturated rings. The number of anilines is 2. The van der Waals surface area contributed by atoms with Crippen molar-refractivity contribution in [3.63, 3.8) is 0 Å². The molecule has 0 N–H and O–H groups in total. The maximum absolute atomic E-state index is 5.51. The molecule has 0 bridgehead atoms. The second-order valence-corrected chi connectivity index (χ2v) is 7.90. The number of para-hydroxylation sites is 1. The lowest BCUT2D eigenvalue weighted by Crippen LogP contribution is -2.19. The van der Waals surface area contributed by atoms with E-state index in [4.69, 9.17) is 14.8 Å². The summed E-state index contributed by atoms with van der Waals surface area (Å²) < 4.78 is 0. The van der Waals surface area contributed by atoms with E-state index in [0.29, 0.717) is 17.5 Å². The minimum atomic E-state index is 0.422. The van der Waals surface area contributed by atoms with E-state index in [-0.39, 0.29) is 0 Å². The van der Waals surface area contributed by atoms with E-state index in [1.807, 2.05) is 75.3 Å². The molecule has 0 spiro atoms. The molecular formula is C23H27N7O. The van der Waals surface area contributed by atoms with Gasteiger partial charge in [-0.05, 0) is 51.0 Å². The predicted octanol–water partition coefficient (Wildman–Crippen LogP) is 4.03. The summed E-state index contributed by atoms with van der Waals surface area (Å²) in [5.41, 5.74) is 1.71. The first kappa shape index (κ1) is 20.7. The molecule has 8 heteroatoms. The van der Waals surface area contributed by atoms with Crippen molar-refractivity contribution in [2.75, 3.05) is 37.0 Å². The third-order valence-electron chi connectivity index (χ3n) is 4.86. The number of aromatic nitrogens is 4. The molecule has 0 saturated carbocycles. The van der Waals surface area contributed by atoms with Crippen LogP contribution in [0, 0.1) is 0 Å². The van der Waals surface area contributed by atoms with Gasteiger partial charge in [-0.15, -0.1) is 0 Å². The number of rotatable bonds is 6. The lowest BCUT2D eigenvalue weighted by Gasteiger charge is -2.17. The molecule has 0 radical (unpaired) electrons. The van der Waals surface area contributed by atoms with E-state index in [1.54, 1.807) is 0 Å². The van der Waals surface area contributed by atoms with Crippen molar-refractivity contribution in [3.8, 4) is 5.88 Å². The van der Waals surface area contributed by atoms with Crippen LogP contribution >= 0.6 is 0 Å². The van der Waals surface area contributed by atoms with Crippen molar-refractivity contribution < 1.29 is 4.84 Å². The largest absolute Gasteiger partial charge is 0.362 e. The van der Waals surface area contributed by atoms with Crippen LogP contribution in [0.2, 0.25) is 0 Å². The number of fused-ring (bicyclic) bond motifs is 1. The van der Waals surface area contributed by atoms with Crippen LogP contribution in [0.5, 0.6) is 5.88 Å². The van der Waals surface area contributed by atoms with Crippen LogP contribution in [-0.2, 0) is 0 Å². The zero-order valence-corrected chi connectivity index (χ0v) is 18.4. The number of hydrogen-bond acceptors (Lipinski definition) is 8. The van der Waals surface area contributed by atoms with Gasteiger partial charge in [-0.3, -0.25) is 0 Å². The maximum atomic E-state index is 5.51. The lowest BCUT2D eigenvalue weighted by molar-refractivity contribution is 0.326. The molecule has 2 aromatic heterocycles. The van der Waals surface area contributed by atoms with Crippen LogP contribution < -0.4 is 14.6 Å². The SMILES string of the molecule is CC(C)=NOc1cc(N2CCCC2)nc(C=Cc2nc(N(C)C)c3ccccc3n2)n1. The highest BCUT2D eigenvalue weighted by molar-refractivity contribution is 5.90. The topological polar surface area (TPSA) is 79.6 Å². The highest BCUT2D eigenvalue weighted by atomic mass is 16.6. The Bertz CT molecular complexity index is 1130. The van der Waals surface area contributed by atoms with Crippen molar-refractivity contribution in [3.05, 3.63) is 42.0 Å². The quantitative estimate of drug-likeness (QED) is 0.442. The van der Waals surface area contributed by atoms with Crippen LogP contribution in [0.25, 0.3) is 23.1 Å². The summed E-state index contributed by atoms with van der Waals surface area (Å²) in [6, 6.07) is 9.83. The van der Waals surface area contributed by atoms with E-state index in [9.17, 15) is 0 Å². The smallest absolute Gasteiger partial charge is 0.254 e. The normalized spacial score (nSPS) is 13.7. The minimum Gasteiger partial charge on any atom is -0.362 e. The van der Waals surface area contributed by atoms with Crippen LogP contribution in [0.1, 0.15) is 38.3 Å². The van der Waals surface area contributed by atoms with Crippen LogP contribution in [0.3, 0.4) is 0 Å². The summed E-state index contributed by atoms with van der Waals surface area (Å²) in [6.45, 7) is 5.72. The second kappa shape index (κ2) is 9.07. The molecule has 1 saturated heterocycles. The standard InChI is InChI=1S/C23H27N7O/c1-16(2)28-31-22-15-21(30-13-7-8-14-30)25-20(26-22)12-11-19-24-18-10-6-5-9-17(18)23(27-19)29(3)4/h5-6,9-12,15H,7-8,13-14H2,1-4H3. The van der Waals surface area contributed by atoms with Gasteiger partial charge in [-0.2, -0.15) is 4.98 Å². The second-order valence-electron chi connectivity index (χ2n) is 7.90. The molecule has 160 valence electrons. The van der Waals surface area contributed by atoms with Crippen molar-refractivity contribution >= 4 is 40.4 Å². The van der Waals surface area contributed by atoms with Gasteiger partial charge in [0, 0.05) is 38.6 Å². The number of benzene rings is 1.